The molecule has 6 heteroatoms. The second kappa shape index (κ2) is 5.18. The predicted molar refractivity (Wildman–Crippen MR) is 49.0 cm³/mol. The maximum Gasteiger partial charge on any atom is 0.318 e. The van der Waals surface area contributed by atoms with Crippen molar-refractivity contribution in [2.24, 2.45) is 0 Å². The summed E-state index contributed by atoms with van der Waals surface area (Å²) in [6, 6.07) is 0. The number of hydrogen-bond acceptors (Lipinski definition) is 3. The summed E-state index contributed by atoms with van der Waals surface area (Å²) in [4.78, 5) is 10.3. The maximum atomic E-state index is 11.4. The molecule has 78 valence electrons. The van der Waals surface area contributed by atoms with Gasteiger partial charge < -0.3 is 5.11 Å². The van der Waals surface area contributed by atoms with Crippen molar-refractivity contribution in [1.82, 2.24) is 4.31 Å². The Balaban J connectivity index is 4.47. The van der Waals surface area contributed by atoms with Gasteiger partial charge in [-0.1, -0.05) is 13.8 Å². The van der Waals surface area contributed by atoms with E-state index < -0.39 is 22.5 Å². The van der Waals surface area contributed by atoms with Crippen LogP contribution in [0.25, 0.3) is 0 Å². The third-order valence-electron chi connectivity index (χ3n) is 1.52. The molecule has 5 nitrogen and oxygen atoms in total. The zero-order valence-electron chi connectivity index (χ0n) is 7.86. The van der Waals surface area contributed by atoms with E-state index in [1.807, 2.05) is 0 Å². The third kappa shape index (κ3) is 4.23. The molecule has 0 saturated heterocycles. The van der Waals surface area contributed by atoms with Crippen LogP contribution in [0.4, 0.5) is 0 Å². The van der Waals surface area contributed by atoms with Crippen molar-refractivity contribution < 1.29 is 18.3 Å². The van der Waals surface area contributed by atoms with Gasteiger partial charge in [0, 0.05) is 6.54 Å². The molecule has 0 saturated carbocycles. The minimum absolute atomic E-state index is 0.00806. The number of carbonyl (C=O) groups is 1. The van der Waals surface area contributed by atoms with Gasteiger partial charge in [0.2, 0.25) is 10.0 Å². The first-order valence-electron chi connectivity index (χ1n) is 4.13. The second-order valence-electron chi connectivity index (χ2n) is 2.64. The SMILES string of the molecule is CCCS(=O)(=O)N(CC)CC(=O)O. The van der Waals surface area contributed by atoms with Crippen LogP contribution in [0.3, 0.4) is 0 Å². The number of rotatable bonds is 6. The molecule has 0 aromatic heterocycles. The standard InChI is InChI=1S/C7H15NO4S/c1-3-5-13(11,12)8(4-2)6-7(9)10/h3-6H2,1-2H3,(H,9,10). The quantitative estimate of drug-likeness (QED) is 0.675. The first-order chi connectivity index (χ1) is 5.94. The molecule has 0 rings (SSSR count). The van der Waals surface area contributed by atoms with E-state index in [9.17, 15) is 13.2 Å². The molecular formula is C7H15NO4S. The fourth-order valence-electron chi connectivity index (χ4n) is 0.945. The van der Waals surface area contributed by atoms with Crippen molar-refractivity contribution >= 4 is 16.0 Å². The molecule has 0 spiro atoms. The fraction of sp³-hybridized carbons (Fsp3) is 0.857. The van der Waals surface area contributed by atoms with Gasteiger partial charge in [-0.3, -0.25) is 4.79 Å². The summed E-state index contributed by atoms with van der Waals surface area (Å²) in [7, 11) is -3.37. The molecule has 13 heavy (non-hydrogen) atoms. The summed E-state index contributed by atoms with van der Waals surface area (Å²) in [6.45, 7) is 3.12. The van der Waals surface area contributed by atoms with E-state index in [4.69, 9.17) is 5.11 Å². The van der Waals surface area contributed by atoms with Crippen LogP contribution in [0, 0.1) is 0 Å². The van der Waals surface area contributed by atoms with Gasteiger partial charge in [-0.2, -0.15) is 4.31 Å². The summed E-state index contributed by atoms with van der Waals surface area (Å²) in [5, 5.41) is 8.44. The Labute approximate surface area is 78.4 Å². The molecule has 1 N–H and O–H groups in total. The highest BCUT2D eigenvalue weighted by Crippen LogP contribution is 2.02. The molecule has 0 atom stereocenters. The lowest BCUT2D eigenvalue weighted by Crippen LogP contribution is -2.36. The Morgan fingerprint density at radius 3 is 2.23 bits per heavy atom. The minimum atomic E-state index is -3.37. The van der Waals surface area contributed by atoms with Crippen molar-refractivity contribution in [3.63, 3.8) is 0 Å². The van der Waals surface area contributed by atoms with Gasteiger partial charge in [0.1, 0.15) is 6.54 Å². The summed E-state index contributed by atoms with van der Waals surface area (Å²) in [5.41, 5.74) is 0. The Hall–Kier alpha value is -0.620. The van der Waals surface area contributed by atoms with Crippen LogP contribution in [0.15, 0.2) is 0 Å². The van der Waals surface area contributed by atoms with E-state index in [2.05, 4.69) is 0 Å². The van der Waals surface area contributed by atoms with E-state index in [0.29, 0.717) is 6.42 Å². The molecule has 0 radical (unpaired) electrons. The molecule has 0 aromatic rings. The average Bonchev–Trinajstić information content (AvgIpc) is 1.99. The summed E-state index contributed by atoms with van der Waals surface area (Å²) >= 11 is 0. The molecular weight excluding hydrogens is 194 g/mol. The monoisotopic (exact) mass is 209 g/mol. The van der Waals surface area contributed by atoms with Crippen molar-refractivity contribution in [2.75, 3.05) is 18.8 Å². The van der Waals surface area contributed by atoms with Crippen LogP contribution in [-0.4, -0.2) is 42.6 Å². The fourth-order valence-corrected chi connectivity index (χ4v) is 2.42. The van der Waals surface area contributed by atoms with Crippen LogP contribution in [-0.2, 0) is 14.8 Å². The number of likely N-dealkylation sites (N-methyl/N-ethyl adjacent to an activating group) is 1. The van der Waals surface area contributed by atoms with Gasteiger partial charge in [0.05, 0.1) is 5.75 Å². The lowest BCUT2D eigenvalue weighted by atomic mass is 10.6. The summed E-state index contributed by atoms with van der Waals surface area (Å²) < 4.78 is 23.7. The first kappa shape index (κ1) is 12.4. The van der Waals surface area contributed by atoms with Crippen LogP contribution in [0.2, 0.25) is 0 Å². The van der Waals surface area contributed by atoms with Gasteiger partial charge in [0.25, 0.3) is 0 Å². The van der Waals surface area contributed by atoms with Crippen LogP contribution in [0.5, 0.6) is 0 Å². The molecule has 0 fully saturated rings. The molecule has 0 bridgehead atoms. The number of hydrogen-bond donors (Lipinski definition) is 1. The lowest BCUT2D eigenvalue weighted by molar-refractivity contribution is -0.137. The maximum absolute atomic E-state index is 11.4. The van der Waals surface area contributed by atoms with Gasteiger partial charge >= 0.3 is 5.97 Å². The summed E-state index contributed by atoms with van der Waals surface area (Å²) in [6.07, 6.45) is 0.498. The molecule has 0 unspecified atom stereocenters. The highest BCUT2D eigenvalue weighted by molar-refractivity contribution is 7.89. The van der Waals surface area contributed by atoms with Crippen LogP contribution in [0.1, 0.15) is 20.3 Å². The van der Waals surface area contributed by atoms with Crippen LogP contribution < -0.4 is 0 Å². The molecule has 0 aliphatic heterocycles. The second-order valence-corrected chi connectivity index (χ2v) is 4.72. The molecule has 0 aliphatic carbocycles. The number of carboxylic acids is 1. The Morgan fingerprint density at radius 2 is 1.92 bits per heavy atom. The van der Waals surface area contributed by atoms with Gasteiger partial charge in [0.15, 0.2) is 0 Å². The van der Waals surface area contributed by atoms with Crippen molar-refractivity contribution in [3.8, 4) is 0 Å². The highest BCUT2D eigenvalue weighted by atomic mass is 32.2. The lowest BCUT2D eigenvalue weighted by Gasteiger charge is -2.17. The Morgan fingerprint density at radius 1 is 1.38 bits per heavy atom. The third-order valence-corrected chi connectivity index (χ3v) is 3.62. The molecule has 0 amide bonds. The zero-order valence-corrected chi connectivity index (χ0v) is 8.67. The van der Waals surface area contributed by atoms with Crippen molar-refractivity contribution in [3.05, 3.63) is 0 Å². The van der Waals surface area contributed by atoms with E-state index >= 15 is 0 Å². The van der Waals surface area contributed by atoms with E-state index in [-0.39, 0.29) is 12.3 Å². The number of aliphatic carboxylic acids is 1. The molecule has 0 heterocycles. The largest absolute Gasteiger partial charge is 0.480 e. The Kier molecular flexibility index (Phi) is 4.94. The normalized spacial score (nSPS) is 11.9. The first-order valence-corrected chi connectivity index (χ1v) is 5.74. The van der Waals surface area contributed by atoms with Gasteiger partial charge in [-0.15, -0.1) is 0 Å². The minimum Gasteiger partial charge on any atom is -0.480 e. The van der Waals surface area contributed by atoms with Crippen molar-refractivity contribution in [2.45, 2.75) is 20.3 Å². The van der Waals surface area contributed by atoms with Gasteiger partial charge in [-0.05, 0) is 6.42 Å². The topological polar surface area (TPSA) is 74.7 Å². The molecule has 0 aromatic carbocycles. The number of carboxylic acid groups (broad SMARTS) is 1. The number of sulfonamides is 1. The molecule has 0 aliphatic rings. The predicted octanol–water partition coefficient (Wildman–Crippen LogP) is 0.133. The van der Waals surface area contributed by atoms with E-state index in [0.717, 1.165) is 4.31 Å². The van der Waals surface area contributed by atoms with E-state index in [1.165, 1.54) is 0 Å². The van der Waals surface area contributed by atoms with Gasteiger partial charge in [-0.25, -0.2) is 8.42 Å². The zero-order chi connectivity index (χ0) is 10.5. The smallest absolute Gasteiger partial charge is 0.318 e. The Bertz CT molecular complexity index is 260. The highest BCUT2D eigenvalue weighted by Gasteiger charge is 2.21. The van der Waals surface area contributed by atoms with Crippen molar-refractivity contribution in [1.29, 1.82) is 0 Å². The average molecular weight is 209 g/mol. The van der Waals surface area contributed by atoms with E-state index in [1.54, 1.807) is 13.8 Å². The number of nitrogens with zero attached hydrogens (tertiary/aromatic N) is 1. The summed E-state index contributed by atoms with van der Waals surface area (Å²) in [5.74, 6) is -1.12. The van der Waals surface area contributed by atoms with Crippen LogP contribution >= 0.6 is 0 Å².